The molecule has 4 heterocycles. The van der Waals surface area contributed by atoms with E-state index in [2.05, 4.69) is 37.1 Å². The molecule has 1 aliphatic carbocycles. The molecule has 11 heteroatoms. The Balaban J connectivity index is 1.41. The van der Waals surface area contributed by atoms with E-state index in [4.69, 9.17) is 4.42 Å². The molecule has 0 amide bonds. The summed E-state index contributed by atoms with van der Waals surface area (Å²) < 4.78 is 48.3. The number of halogens is 3. The number of rotatable bonds is 6. The fourth-order valence-electron chi connectivity index (χ4n) is 5.85. The minimum Gasteiger partial charge on any atom is -0.408 e. The van der Waals surface area contributed by atoms with E-state index in [1.54, 1.807) is 13.0 Å². The molecule has 8 nitrogen and oxygen atoms in total. The Morgan fingerprint density at radius 2 is 1.89 bits per heavy atom. The lowest BCUT2D eigenvalue weighted by Gasteiger charge is -2.37. The monoisotopic (exact) mass is 489 g/mol. The van der Waals surface area contributed by atoms with Gasteiger partial charge in [-0.3, -0.25) is 0 Å². The molecule has 1 saturated carbocycles. The SMILES string of the molecule is C=C/C=C(\C=C/C)C1CCC(C(F)(F)F)n2nc(N[C@@H]3[C@@H]4CC[C@H]3CN(c3nnc(C)o3)C4)nc21. The van der Waals surface area contributed by atoms with Gasteiger partial charge in [-0.1, -0.05) is 36.0 Å². The number of hydrogen-bond acceptors (Lipinski definition) is 7. The number of piperidine rings is 1. The third-order valence-electron chi connectivity index (χ3n) is 7.36. The van der Waals surface area contributed by atoms with Crippen LogP contribution in [0, 0.1) is 18.8 Å². The molecule has 3 aliphatic rings. The molecule has 2 aromatic heterocycles. The first-order chi connectivity index (χ1) is 16.8. The van der Waals surface area contributed by atoms with Gasteiger partial charge < -0.3 is 14.6 Å². The first-order valence-corrected chi connectivity index (χ1v) is 12.1. The van der Waals surface area contributed by atoms with Crippen molar-refractivity contribution in [3.8, 4) is 0 Å². The quantitative estimate of drug-likeness (QED) is 0.574. The third kappa shape index (κ3) is 4.48. The smallest absolute Gasteiger partial charge is 0.408 e. The van der Waals surface area contributed by atoms with Crippen LogP contribution in [0.25, 0.3) is 0 Å². The van der Waals surface area contributed by atoms with Crippen LogP contribution in [0.3, 0.4) is 0 Å². The molecule has 0 radical (unpaired) electrons. The maximum atomic E-state index is 13.9. The predicted molar refractivity (Wildman–Crippen MR) is 125 cm³/mol. The molecule has 2 unspecified atom stereocenters. The molecule has 0 aromatic carbocycles. The summed E-state index contributed by atoms with van der Waals surface area (Å²) in [4.78, 5) is 6.73. The molecule has 5 atom stereocenters. The van der Waals surface area contributed by atoms with Gasteiger partial charge in [0.1, 0.15) is 11.9 Å². The third-order valence-corrected chi connectivity index (χ3v) is 7.36. The van der Waals surface area contributed by atoms with Gasteiger partial charge in [-0.05, 0) is 50.0 Å². The average molecular weight is 490 g/mol. The lowest BCUT2D eigenvalue weighted by molar-refractivity contribution is -0.175. The minimum atomic E-state index is -4.39. The molecule has 2 aliphatic heterocycles. The summed E-state index contributed by atoms with van der Waals surface area (Å²) in [5.74, 6) is 1.44. The van der Waals surface area contributed by atoms with E-state index in [0.29, 0.717) is 24.2 Å². The van der Waals surface area contributed by atoms with Crippen molar-refractivity contribution in [1.82, 2.24) is 25.0 Å². The number of allylic oxidation sites excluding steroid dienone is 5. The topological polar surface area (TPSA) is 84.9 Å². The number of fused-ring (bicyclic) bond motifs is 3. The van der Waals surface area contributed by atoms with E-state index in [-0.39, 0.29) is 36.2 Å². The molecule has 2 fully saturated rings. The lowest BCUT2D eigenvalue weighted by atomic mass is 9.87. The zero-order valence-corrected chi connectivity index (χ0v) is 19.9. The number of aryl methyl sites for hydroxylation is 1. The molecule has 5 rings (SSSR count). The van der Waals surface area contributed by atoms with Crippen molar-refractivity contribution in [2.45, 2.75) is 63.7 Å². The van der Waals surface area contributed by atoms with Gasteiger partial charge in [0.15, 0.2) is 0 Å². The molecular formula is C24H30F3N7O. The zero-order chi connectivity index (χ0) is 24.7. The highest BCUT2D eigenvalue weighted by atomic mass is 19.4. The Morgan fingerprint density at radius 3 is 2.49 bits per heavy atom. The van der Waals surface area contributed by atoms with Crippen LogP contribution in [-0.2, 0) is 0 Å². The first kappa shape index (κ1) is 23.6. The summed E-state index contributed by atoms with van der Waals surface area (Å²) in [6.07, 6.45) is 5.22. The van der Waals surface area contributed by atoms with Gasteiger partial charge in [-0.25, -0.2) is 4.68 Å². The second kappa shape index (κ2) is 9.16. The fourth-order valence-corrected chi connectivity index (χ4v) is 5.85. The summed E-state index contributed by atoms with van der Waals surface area (Å²) in [6, 6.07) is -1.07. The molecule has 2 bridgehead atoms. The van der Waals surface area contributed by atoms with Crippen molar-refractivity contribution in [1.29, 1.82) is 0 Å². The van der Waals surface area contributed by atoms with Crippen LogP contribution >= 0.6 is 0 Å². The number of nitrogens with zero attached hydrogens (tertiary/aromatic N) is 6. The summed E-state index contributed by atoms with van der Waals surface area (Å²) in [5, 5.41) is 15.8. The van der Waals surface area contributed by atoms with Gasteiger partial charge >= 0.3 is 12.2 Å². The Morgan fingerprint density at radius 1 is 1.14 bits per heavy atom. The van der Waals surface area contributed by atoms with E-state index in [0.717, 1.165) is 36.2 Å². The largest absolute Gasteiger partial charge is 0.410 e. The van der Waals surface area contributed by atoms with Gasteiger partial charge in [0.05, 0.1) is 0 Å². The minimum absolute atomic E-state index is 0.0385. The first-order valence-electron chi connectivity index (χ1n) is 12.1. The number of anilines is 2. The van der Waals surface area contributed by atoms with E-state index < -0.39 is 12.2 Å². The second-order valence-electron chi connectivity index (χ2n) is 9.60. The molecule has 1 saturated heterocycles. The maximum Gasteiger partial charge on any atom is 0.410 e. The van der Waals surface area contributed by atoms with Crippen molar-refractivity contribution in [3.63, 3.8) is 0 Å². The summed E-state index contributed by atoms with van der Waals surface area (Å²) >= 11 is 0. The Kier molecular flexibility index (Phi) is 6.18. The number of hydrogen-bond donors (Lipinski definition) is 1. The average Bonchev–Trinajstić information content (AvgIpc) is 3.48. The van der Waals surface area contributed by atoms with Crippen molar-refractivity contribution in [2.24, 2.45) is 11.8 Å². The number of alkyl halides is 3. The number of nitrogens with one attached hydrogen (secondary N) is 1. The lowest BCUT2D eigenvalue weighted by Crippen LogP contribution is -2.48. The normalized spacial score (nSPS) is 29.0. The molecule has 1 N–H and O–H groups in total. The van der Waals surface area contributed by atoms with Crippen LogP contribution in [0.1, 0.15) is 56.3 Å². The Labute approximate surface area is 202 Å². The van der Waals surface area contributed by atoms with Gasteiger partial charge in [0, 0.05) is 32.0 Å². The van der Waals surface area contributed by atoms with Crippen LogP contribution in [0.5, 0.6) is 0 Å². The van der Waals surface area contributed by atoms with E-state index in [1.165, 1.54) is 0 Å². The summed E-state index contributed by atoms with van der Waals surface area (Å²) in [6.45, 7) is 8.89. The van der Waals surface area contributed by atoms with E-state index in [9.17, 15) is 13.2 Å². The Hall–Kier alpha value is -3.11. The summed E-state index contributed by atoms with van der Waals surface area (Å²) in [5.41, 5.74) is 0.881. The molecule has 35 heavy (non-hydrogen) atoms. The molecule has 2 aromatic rings. The van der Waals surface area contributed by atoms with Gasteiger partial charge in [0.2, 0.25) is 11.8 Å². The van der Waals surface area contributed by atoms with Crippen LogP contribution in [0.4, 0.5) is 25.1 Å². The Bertz CT molecular complexity index is 1120. The van der Waals surface area contributed by atoms with Crippen molar-refractivity contribution in [3.05, 3.63) is 48.2 Å². The predicted octanol–water partition coefficient (Wildman–Crippen LogP) is 4.97. The standard InChI is InChI=1S/C24H30F3N7O/c1-4-6-15(7-5-2)18-10-11-19(24(25,26)27)34-21(18)29-22(32-34)28-20-16-8-9-17(20)13-33(12-16)23-31-30-14(3)35-23/h4-7,16-20H,1,8-13H2,2-3H3,(H,28,32)/b7-5-,15-6+/t16-,17+,18?,19?,20-. The van der Waals surface area contributed by atoms with Crippen LogP contribution in [0.2, 0.25) is 0 Å². The van der Waals surface area contributed by atoms with Crippen molar-refractivity contribution in [2.75, 3.05) is 23.3 Å². The zero-order valence-electron chi connectivity index (χ0n) is 19.9. The second-order valence-corrected chi connectivity index (χ2v) is 9.60. The molecular weight excluding hydrogens is 459 g/mol. The van der Waals surface area contributed by atoms with Crippen LogP contribution in [-0.4, -0.2) is 50.3 Å². The highest BCUT2D eigenvalue weighted by Gasteiger charge is 2.48. The molecule has 0 spiro atoms. The van der Waals surface area contributed by atoms with Crippen LogP contribution in [0.15, 0.2) is 40.9 Å². The number of aromatic nitrogens is 5. The highest BCUT2D eigenvalue weighted by molar-refractivity contribution is 5.38. The fraction of sp³-hybridized carbons (Fsp3) is 0.583. The van der Waals surface area contributed by atoms with Crippen LogP contribution < -0.4 is 10.2 Å². The van der Waals surface area contributed by atoms with Gasteiger partial charge in [0.25, 0.3) is 0 Å². The van der Waals surface area contributed by atoms with E-state index in [1.807, 2.05) is 25.2 Å². The summed E-state index contributed by atoms with van der Waals surface area (Å²) in [7, 11) is 0. The van der Waals surface area contributed by atoms with Gasteiger partial charge in [-0.2, -0.15) is 18.2 Å². The van der Waals surface area contributed by atoms with Crippen molar-refractivity contribution < 1.29 is 17.6 Å². The van der Waals surface area contributed by atoms with Gasteiger partial charge in [-0.15, -0.1) is 10.2 Å². The molecule has 188 valence electrons. The van der Waals surface area contributed by atoms with E-state index >= 15 is 0 Å². The van der Waals surface area contributed by atoms with Crippen molar-refractivity contribution >= 4 is 12.0 Å². The highest BCUT2D eigenvalue weighted by Crippen LogP contribution is 2.45. The maximum absolute atomic E-state index is 13.9.